The van der Waals surface area contributed by atoms with Crippen molar-refractivity contribution in [3.05, 3.63) is 77.8 Å². The average molecular weight is 650 g/mol. The molecule has 2 N–H and O–H groups in total. The van der Waals surface area contributed by atoms with Crippen molar-refractivity contribution in [2.75, 3.05) is 16.9 Å². The first kappa shape index (κ1) is 31.3. The number of hydrogen-bond donors (Lipinski definition) is 1. The predicted molar refractivity (Wildman–Crippen MR) is 153 cm³/mol. The summed E-state index contributed by atoms with van der Waals surface area (Å²) in [5.74, 6) is -1.55. The van der Waals surface area contributed by atoms with E-state index in [0.29, 0.717) is 16.8 Å². The summed E-state index contributed by atoms with van der Waals surface area (Å²) < 4.78 is 93.7. The van der Waals surface area contributed by atoms with Crippen molar-refractivity contribution in [2.24, 2.45) is 5.73 Å². The molecule has 44 heavy (non-hydrogen) atoms. The van der Waals surface area contributed by atoms with Gasteiger partial charge in [0.2, 0.25) is 17.7 Å². The number of nitrogens with two attached hydrogens (primary N) is 1. The fourth-order valence-electron chi connectivity index (χ4n) is 4.44. The van der Waals surface area contributed by atoms with E-state index in [1.54, 1.807) is 24.3 Å². The SMILES string of the molecule is CC(C)(c1nnc(-c2ccc3c(c2)N(Cc2ccc(-c4ccc(C(F)(F)F)cn4)cc2)C(=O)[C@@H](N)CS3(=O)=O)o1)S(C)(=O)=O. The van der Waals surface area contributed by atoms with Crippen molar-refractivity contribution in [1.82, 2.24) is 15.2 Å². The van der Waals surface area contributed by atoms with Crippen molar-refractivity contribution in [2.45, 2.75) is 42.3 Å². The summed E-state index contributed by atoms with van der Waals surface area (Å²) in [6.07, 6.45) is -2.74. The summed E-state index contributed by atoms with van der Waals surface area (Å²) in [5.41, 5.74) is 6.76. The van der Waals surface area contributed by atoms with Crippen molar-refractivity contribution in [1.29, 1.82) is 0 Å². The van der Waals surface area contributed by atoms with Crippen LogP contribution in [0.1, 0.15) is 30.9 Å². The second-order valence-electron chi connectivity index (χ2n) is 10.8. The molecule has 0 unspecified atom stereocenters. The monoisotopic (exact) mass is 649 g/mol. The Morgan fingerprint density at radius 1 is 1.02 bits per heavy atom. The number of halogens is 3. The summed E-state index contributed by atoms with van der Waals surface area (Å²) in [5, 5.41) is 7.83. The van der Waals surface area contributed by atoms with E-state index in [1.165, 1.54) is 43.0 Å². The van der Waals surface area contributed by atoms with Gasteiger partial charge in [0, 0.05) is 23.6 Å². The zero-order valence-electron chi connectivity index (χ0n) is 23.5. The first-order valence-corrected chi connectivity index (χ1v) is 16.5. The van der Waals surface area contributed by atoms with Crippen LogP contribution >= 0.6 is 0 Å². The highest BCUT2D eigenvalue weighted by Gasteiger charge is 2.39. The van der Waals surface area contributed by atoms with Gasteiger partial charge in [0.1, 0.15) is 4.75 Å². The van der Waals surface area contributed by atoms with Crippen LogP contribution in [0.4, 0.5) is 18.9 Å². The van der Waals surface area contributed by atoms with Gasteiger partial charge in [-0.1, -0.05) is 24.3 Å². The van der Waals surface area contributed by atoms with Gasteiger partial charge in [0.25, 0.3) is 0 Å². The summed E-state index contributed by atoms with van der Waals surface area (Å²) in [7, 11) is -7.64. The lowest BCUT2D eigenvalue weighted by Gasteiger charge is -2.24. The normalized spacial score (nSPS) is 17.3. The number of anilines is 1. The number of hydrogen-bond acceptors (Lipinski definition) is 10. The van der Waals surface area contributed by atoms with Gasteiger partial charge in [-0.25, -0.2) is 16.8 Å². The molecule has 0 fully saturated rings. The number of benzene rings is 2. The number of amides is 1. The van der Waals surface area contributed by atoms with Crippen LogP contribution in [0.5, 0.6) is 0 Å². The van der Waals surface area contributed by atoms with Crippen LogP contribution in [-0.4, -0.2) is 56.0 Å². The molecule has 232 valence electrons. The molecular formula is C28H26F3N5O6S2. The molecule has 2 aromatic carbocycles. The lowest BCUT2D eigenvalue weighted by Crippen LogP contribution is -2.45. The molecule has 0 aliphatic carbocycles. The van der Waals surface area contributed by atoms with Crippen molar-refractivity contribution in [3.8, 4) is 22.7 Å². The van der Waals surface area contributed by atoms with Crippen LogP contribution in [0.3, 0.4) is 0 Å². The standard InChI is InChI=1S/C28H26F3N5O6S2/c1-27(2,43(3,38)39)26-35-34-24(42-26)18-8-11-23-22(12-18)36(25(37)20(32)15-44(23,40)41)14-16-4-6-17(7-5-16)21-10-9-19(13-33-21)28(29,30)31/h4-13,20H,14-15,32H2,1-3H3/t20-/m0/s1. The van der Waals surface area contributed by atoms with Crippen LogP contribution in [0.15, 0.2) is 70.1 Å². The minimum absolute atomic E-state index is 0.0102. The number of fused-ring (bicyclic) bond motifs is 1. The van der Waals surface area contributed by atoms with Crippen LogP contribution < -0.4 is 10.6 Å². The smallest absolute Gasteiger partial charge is 0.417 e. The summed E-state index contributed by atoms with van der Waals surface area (Å²) >= 11 is 0. The van der Waals surface area contributed by atoms with Gasteiger partial charge in [-0.05, 0) is 49.7 Å². The highest BCUT2D eigenvalue weighted by molar-refractivity contribution is 7.92. The van der Waals surface area contributed by atoms with E-state index < -0.39 is 53.9 Å². The van der Waals surface area contributed by atoms with E-state index in [4.69, 9.17) is 10.2 Å². The van der Waals surface area contributed by atoms with Crippen LogP contribution in [0.2, 0.25) is 0 Å². The number of sulfone groups is 2. The van der Waals surface area contributed by atoms with Gasteiger partial charge in [-0.3, -0.25) is 9.78 Å². The molecule has 4 aromatic rings. The highest BCUT2D eigenvalue weighted by atomic mass is 32.2. The van der Waals surface area contributed by atoms with E-state index in [1.807, 2.05) is 0 Å². The third-order valence-electron chi connectivity index (χ3n) is 7.36. The van der Waals surface area contributed by atoms with E-state index in [2.05, 4.69) is 15.2 Å². The van der Waals surface area contributed by atoms with Gasteiger partial charge in [0.05, 0.1) is 40.2 Å². The lowest BCUT2D eigenvalue weighted by molar-refractivity contribution is -0.137. The van der Waals surface area contributed by atoms with E-state index in [9.17, 15) is 34.8 Å². The minimum atomic E-state index is -4.52. The van der Waals surface area contributed by atoms with Crippen molar-refractivity contribution in [3.63, 3.8) is 0 Å². The minimum Gasteiger partial charge on any atom is -0.419 e. The van der Waals surface area contributed by atoms with Gasteiger partial charge in [-0.2, -0.15) is 13.2 Å². The molecule has 1 aliphatic heterocycles. The fraction of sp³-hybridized carbons (Fsp3) is 0.286. The molecule has 1 aliphatic rings. The maximum atomic E-state index is 13.4. The van der Waals surface area contributed by atoms with E-state index in [-0.39, 0.29) is 34.5 Å². The number of alkyl halides is 3. The third kappa shape index (κ3) is 5.84. The Morgan fingerprint density at radius 2 is 1.68 bits per heavy atom. The van der Waals surface area contributed by atoms with Crippen molar-refractivity contribution >= 4 is 31.3 Å². The Bertz CT molecular complexity index is 1960. The zero-order chi connectivity index (χ0) is 32.2. The maximum Gasteiger partial charge on any atom is 0.417 e. The fourth-order valence-corrected chi connectivity index (χ4v) is 6.40. The first-order valence-electron chi connectivity index (χ1n) is 13.0. The first-order chi connectivity index (χ1) is 20.4. The van der Waals surface area contributed by atoms with Gasteiger partial charge < -0.3 is 15.1 Å². The largest absolute Gasteiger partial charge is 0.419 e. The lowest BCUT2D eigenvalue weighted by atomic mass is 10.1. The van der Waals surface area contributed by atoms with E-state index in [0.717, 1.165) is 18.5 Å². The highest BCUT2D eigenvalue weighted by Crippen LogP contribution is 2.37. The Labute approximate surface area is 250 Å². The van der Waals surface area contributed by atoms with Crippen LogP contribution in [0.25, 0.3) is 22.7 Å². The predicted octanol–water partition coefficient (Wildman–Crippen LogP) is 3.74. The Hall–Kier alpha value is -4.15. The molecule has 1 amide bonds. The van der Waals surface area contributed by atoms with Gasteiger partial charge >= 0.3 is 6.18 Å². The zero-order valence-corrected chi connectivity index (χ0v) is 25.2. The second-order valence-corrected chi connectivity index (χ2v) is 15.4. The number of nitrogens with zero attached hydrogens (tertiary/aromatic N) is 4. The Balaban J connectivity index is 1.51. The third-order valence-corrected chi connectivity index (χ3v) is 11.2. The Kier molecular flexibility index (Phi) is 7.66. The molecule has 1 atom stereocenters. The molecule has 0 saturated heterocycles. The molecule has 2 aromatic heterocycles. The van der Waals surface area contributed by atoms with E-state index >= 15 is 0 Å². The van der Waals surface area contributed by atoms with Crippen LogP contribution in [0, 0.1) is 0 Å². The Morgan fingerprint density at radius 3 is 2.27 bits per heavy atom. The summed E-state index contributed by atoms with van der Waals surface area (Å²) in [6.45, 7) is 2.71. The molecule has 0 radical (unpaired) electrons. The summed E-state index contributed by atoms with van der Waals surface area (Å²) in [6, 6.07) is 11.4. The number of aromatic nitrogens is 3. The number of carbonyl (C=O) groups excluding carboxylic acids is 1. The molecule has 5 rings (SSSR count). The molecule has 0 spiro atoms. The molecular weight excluding hydrogens is 623 g/mol. The number of rotatable bonds is 6. The topological polar surface area (TPSA) is 166 Å². The number of carbonyl (C=O) groups is 1. The van der Waals surface area contributed by atoms with Crippen LogP contribution in [-0.2, 0) is 41.9 Å². The molecule has 0 bridgehead atoms. The molecule has 16 heteroatoms. The van der Waals surface area contributed by atoms with Gasteiger partial charge in [-0.15, -0.1) is 10.2 Å². The quantitative estimate of drug-likeness (QED) is 0.325. The molecule has 3 heterocycles. The summed E-state index contributed by atoms with van der Waals surface area (Å²) in [4.78, 5) is 18.4. The van der Waals surface area contributed by atoms with Gasteiger partial charge in [0.15, 0.2) is 19.7 Å². The second kappa shape index (κ2) is 10.8. The molecule has 0 saturated carbocycles. The average Bonchev–Trinajstić information content (AvgIpc) is 3.44. The number of pyridine rings is 1. The maximum absolute atomic E-state index is 13.4. The molecule has 11 nitrogen and oxygen atoms in total. The van der Waals surface area contributed by atoms with Crippen molar-refractivity contribution < 1.29 is 39.2 Å².